The number of halogens is 3. The molecule has 4 nitrogen and oxygen atoms in total. The zero-order valence-electron chi connectivity index (χ0n) is 10.0. The van der Waals surface area contributed by atoms with Crippen LogP contribution in [0.5, 0.6) is 0 Å². The van der Waals surface area contributed by atoms with Crippen molar-refractivity contribution in [2.24, 2.45) is 0 Å². The molecule has 1 aliphatic heterocycles. The normalized spacial score (nSPS) is 19.2. The Morgan fingerprint density at radius 2 is 2.00 bits per heavy atom. The summed E-state index contributed by atoms with van der Waals surface area (Å²) in [6.07, 6.45) is 0.409. The minimum absolute atomic E-state index is 0.0882. The van der Waals surface area contributed by atoms with Crippen molar-refractivity contribution < 1.29 is 22.3 Å². The summed E-state index contributed by atoms with van der Waals surface area (Å²) in [4.78, 5) is -0.605. The Hall–Kier alpha value is -0.570. The van der Waals surface area contributed by atoms with Gasteiger partial charge in [-0.05, 0) is 28.4 Å². The molecule has 1 heterocycles. The van der Waals surface area contributed by atoms with Crippen LogP contribution in [0.25, 0.3) is 0 Å². The second-order valence-corrected chi connectivity index (χ2v) is 7.28. The minimum Gasteiger partial charge on any atom is -0.387 e. The standard InChI is InChI=1S/C11H12BrF2NO3S/c1-2-11(16)5-15(6-11)19(17,18)10-8(12)3-7(13)4-9(10)14/h3-4,16H,2,5-6H2,1H3. The molecular weight excluding hydrogens is 344 g/mol. The van der Waals surface area contributed by atoms with Crippen LogP contribution in [-0.4, -0.2) is 36.5 Å². The third-order valence-electron chi connectivity index (χ3n) is 3.16. The number of hydrogen-bond acceptors (Lipinski definition) is 3. The van der Waals surface area contributed by atoms with E-state index < -0.39 is 32.2 Å². The highest BCUT2D eigenvalue weighted by Gasteiger charge is 2.47. The van der Waals surface area contributed by atoms with Gasteiger partial charge in [-0.2, -0.15) is 4.31 Å². The molecule has 0 unspecified atom stereocenters. The molecule has 1 aromatic carbocycles. The second kappa shape index (κ2) is 4.76. The first-order chi connectivity index (χ1) is 8.69. The van der Waals surface area contributed by atoms with E-state index in [0.717, 1.165) is 10.4 Å². The monoisotopic (exact) mass is 355 g/mol. The van der Waals surface area contributed by atoms with E-state index in [1.807, 2.05) is 0 Å². The number of sulfonamides is 1. The molecule has 1 N–H and O–H groups in total. The van der Waals surface area contributed by atoms with Gasteiger partial charge in [-0.15, -0.1) is 0 Å². The van der Waals surface area contributed by atoms with E-state index in [9.17, 15) is 22.3 Å². The molecule has 0 radical (unpaired) electrons. The Balaban J connectivity index is 2.38. The maximum absolute atomic E-state index is 13.7. The van der Waals surface area contributed by atoms with Crippen LogP contribution in [0.3, 0.4) is 0 Å². The van der Waals surface area contributed by atoms with Gasteiger partial charge in [0.1, 0.15) is 16.5 Å². The zero-order valence-corrected chi connectivity index (χ0v) is 12.4. The van der Waals surface area contributed by atoms with Gasteiger partial charge in [0.25, 0.3) is 0 Å². The molecule has 1 aromatic rings. The zero-order chi connectivity index (χ0) is 14.4. The smallest absolute Gasteiger partial charge is 0.247 e. The Morgan fingerprint density at radius 3 is 2.47 bits per heavy atom. The second-order valence-electron chi connectivity index (χ2n) is 4.55. The number of benzene rings is 1. The van der Waals surface area contributed by atoms with Crippen LogP contribution in [0, 0.1) is 11.6 Å². The molecule has 0 amide bonds. The van der Waals surface area contributed by atoms with Crippen molar-refractivity contribution in [3.8, 4) is 0 Å². The van der Waals surface area contributed by atoms with Crippen molar-refractivity contribution in [2.75, 3.05) is 13.1 Å². The molecule has 0 saturated carbocycles. The van der Waals surface area contributed by atoms with E-state index in [1.54, 1.807) is 6.92 Å². The number of β-amino-alcohol motifs (C(OH)–C–C–N with tert-alkyl or cyclic N) is 1. The number of nitrogens with zero attached hydrogens (tertiary/aromatic N) is 1. The fourth-order valence-electron chi connectivity index (χ4n) is 1.91. The summed E-state index contributed by atoms with van der Waals surface area (Å²) in [5.74, 6) is -2.02. The first kappa shape index (κ1) is 14.8. The molecule has 0 atom stereocenters. The lowest BCUT2D eigenvalue weighted by atomic mass is 9.94. The summed E-state index contributed by atoms with van der Waals surface area (Å²) in [6, 6.07) is 1.41. The van der Waals surface area contributed by atoms with E-state index in [-0.39, 0.29) is 17.6 Å². The van der Waals surface area contributed by atoms with Gasteiger partial charge in [0.2, 0.25) is 10.0 Å². The van der Waals surface area contributed by atoms with Crippen LogP contribution >= 0.6 is 15.9 Å². The van der Waals surface area contributed by atoms with Crippen LogP contribution in [0.15, 0.2) is 21.5 Å². The Bertz CT molecular complexity index is 591. The van der Waals surface area contributed by atoms with E-state index in [1.165, 1.54) is 0 Å². The molecule has 0 aliphatic carbocycles. The van der Waals surface area contributed by atoms with Crippen molar-refractivity contribution in [3.63, 3.8) is 0 Å². The predicted octanol–water partition coefficient (Wildman–Crippen LogP) is 1.87. The number of aliphatic hydroxyl groups is 1. The largest absolute Gasteiger partial charge is 0.387 e. The van der Waals surface area contributed by atoms with Gasteiger partial charge in [-0.25, -0.2) is 17.2 Å². The first-order valence-electron chi connectivity index (χ1n) is 5.57. The molecule has 1 saturated heterocycles. The summed E-state index contributed by atoms with van der Waals surface area (Å²) in [5, 5.41) is 9.81. The highest BCUT2D eigenvalue weighted by Crippen LogP contribution is 2.34. The summed E-state index contributed by atoms with van der Waals surface area (Å²) >= 11 is 2.85. The van der Waals surface area contributed by atoms with Gasteiger partial charge in [-0.1, -0.05) is 6.92 Å². The SMILES string of the molecule is CCC1(O)CN(S(=O)(=O)c2c(F)cc(F)cc2Br)C1. The summed E-state index contributed by atoms with van der Waals surface area (Å²) in [5.41, 5.74) is -1.06. The molecule has 0 bridgehead atoms. The Kier molecular flexibility index (Phi) is 3.72. The number of rotatable bonds is 3. The lowest BCUT2D eigenvalue weighted by molar-refractivity contribution is -0.0614. The van der Waals surface area contributed by atoms with E-state index >= 15 is 0 Å². The summed E-state index contributed by atoms with van der Waals surface area (Å²) in [6.45, 7) is 1.56. The van der Waals surface area contributed by atoms with Crippen molar-refractivity contribution in [3.05, 3.63) is 28.2 Å². The maximum atomic E-state index is 13.7. The Labute approximate surface area is 118 Å². The van der Waals surface area contributed by atoms with E-state index in [2.05, 4.69) is 15.9 Å². The van der Waals surface area contributed by atoms with Crippen LogP contribution in [0.4, 0.5) is 8.78 Å². The molecule has 1 aliphatic rings. The lowest BCUT2D eigenvalue weighted by Crippen LogP contribution is -2.63. The average Bonchev–Trinajstić information content (AvgIpc) is 2.22. The molecule has 106 valence electrons. The predicted molar refractivity (Wildman–Crippen MR) is 68.1 cm³/mol. The van der Waals surface area contributed by atoms with Gasteiger partial charge in [0.15, 0.2) is 0 Å². The third-order valence-corrected chi connectivity index (χ3v) is 5.92. The van der Waals surface area contributed by atoms with Crippen molar-refractivity contribution in [2.45, 2.75) is 23.8 Å². The van der Waals surface area contributed by atoms with Gasteiger partial charge in [0.05, 0.1) is 5.60 Å². The molecule has 19 heavy (non-hydrogen) atoms. The van der Waals surface area contributed by atoms with Crippen molar-refractivity contribution in [1.29, 1.82) is 0 Å². The Morgan fingerprint density at radius 1 is 1.42 bits per heavy atom. The molecule has 8 heteroatoms. The lowest BCUT2D eigenvalue weighted by Gasteiger charge is -2.44. The maximum Gasteiger partial charge on any atom is 0.247 e. The minimum atomic E-state index is -4.08. The van der Waals surface area contributed by atoms with Gasteiger partial charge >= 0.3 is 0 Å². The van der Waals surface area contributed by atoms with Crippen molar-refractivity contribution in [1.82, 2.24) is 4.31 Å². The van der Waals surface area contributed by atoms with E-state index in [4.69, 9.17) is 0 Å². The van der Waals surface area contributed by atoms with Crippen LogP contribution in [-0.2, 0) is 10.0 Å². The van der Waals surface area contributed by atoms with Gasteiger partial charge in [-0.3, -0.25) is 0 Å². The van der Waals surface area contributed by atoms with Gasteiger partial charge < -0.3 is 5.11 Å². The van der Waals surface area contributed by atoms with Crippen molar-refractivity contribution >= 4 is 26.0 Å². The quantitative estimate of drug-likeness (QED) is 0.900. The number of hydrogen-bond donors (Lipinski definition) is 1. The highest BCUT2D eigenvalue weighted by molar-refractivity contribution is 9.10. The first-order valence-corrected chi connectivity index (χ1v) is 7.80. The van der Waals surface area contributed by atoms with Gasteiger partial charge in [0, 0.05) is 23.6 Å². The molecule has 0 spiro atoms. The molecule has 0 aromatic heterocycles. The highest BCUT2D eigenvalue weighted by atomic mass is 79.9. The van der Waals surface area contributed by atoms with Crippen LogP contribution < -0.4 is 0 Å². The van der Waals surface area contributed by atoms with E-state index in [0.29, 0.717) is 12.5 Å². The summed E-state index contributed by atoms with van der Waals surface area (Å²) in [7, 11) is -4.08. The molecule has 1 fully saturated rings. The fourth-order valence-corrected chi connectivity index (χ4v) is 4.62. The van der Waals surface area contributed by atoms with Crippen LogP contribution in [0.1, 0.15) is 13.3 Å². The van der Waals surface area contributed by atoms with Crippen LogP contribution in [0.2, 0.25) is 0 Å². The molecule has 2 rings (SSSR count). The fraction of sp³-hybridized carbons (Fsp3) is 0.455. The summed E-state index contributed by atoms with van der Waals surface area (Å²) < 4.78 is 51.8. The molecular formula is C11H12BrF2NO3S. The third kappa shape index (κ3) is 2.54. The average molecular weight is 356 g/mol. The topological polar surface area (TPSA) is 57.6 Å².